The Labute approximate surface area is 195 Å². The molecule has 0 bridgehead atoms. The van der Waals surface area contributed by atoms with Crippen LogP contribution in [0.5, 0.6) is 17.2 Å². The molecule has 0 spiro atoms. The number of fused-ring (bicyclic) bond motifs is 1. The predicted octanol–water partition coefficient (Wildman–Crippen LogP) is 3.13. The van der Waals surface area contributed by atoms with Gasteiger partial charge >= 0.3 is 0 Å². The average Bonchev–Trinajstić information content (AvgIpc) is 3.23. The van der Waals surface area contributed by atoms with Gasteiger partial charge in [0, 0.05) is 25.5 Å². The van der Waals surface area contributed by atoms with Crippen LogP contribution in [0, 0.1) is 6.92 Å². The number of phenols is 1. The van der Waals surface area contributed by atoms with Crippen LogP contribution in [0.25, 0.3) is 11.0 Å². The number of benzene rings is 2. The molecule has 2 heterocycles. The van der Waals surface area contributed by atoms with Gasteiger partial charge in [0.1, 0.15) is 11.6 Å². The van der Waals surface area contributed by atoms with Crippen molar-refractivity contribution in [1.29, 1.82) is 0 Å². The molecule has 9 heteroatoms. The van der Waals surface area contributed by atoms with Crippen molar-refractivity contribution in [3.05, 3.63) is 81.7 Å². The maximum atomic E-state index is 12.8. The largest absolute Gasteiger partial charge is 0.504 e. The Balaban J connectivity index is 1.54. The van der Waals surface area contributed by atoms with Gasteiger partial charge in [0.15, 0.2) is 17.3 Å². The van der Waals surface area contributed by atoms with Crippen molar-refractivity contribution < 1.29 is 24.2 Å². The van der Waals surface area contributed by atoms with E-state index in [0.29, 0.717) is 24.3 Å². The second kappa shape index (κ2) is 9.70. The molecule has 0 radical (unpaired) electrons. The van der Waals surface area contributed by atoms with E-state index in [-0.39, 0.29) is 29.6 Å². The highest BCUT2D eigenvalue weighted by Gasteiger charge is 2.26. The first-order valence-corrected chi connectivity index (χ1v) is 10.8. The zero-order valence-electron chi connectivity index (χ0n) is 18.8. The Morgan fingerprint density at radius 3 is 2.76 bits per heavy atom. The van der Waals surface area contributed by atoms with Gasteiger partial charge < -0.3 is 29.7 Å². The van der Waals surface area contributed by atoms with Crippen molar-refractivity contribution in [1.82, 2.24) is 15.3 Å². The maximum Gasteiger partial charge on any atom is 0.227 e. The number of H-pyrrole nitrogens is 1. The number of methoxy groups -OCH3 is 1. The number of rotatable bonds is 8. The van der Waals surface area contributed by atoms with Gasteiger partial charge in [0.25, 0.3) is 0 Å². The van der Waals surface area contributed by atoms with Crippen molar-refractivity contribution in [2.24, 2.45) is 0 Å². The minimum Gasteiger partial charge on any atom is -0.504 e. The number of hydrogen-bond acceptors (Lipinski definition) is 7. The number of aromatic hydroxyl groups is 2. The summed E-state index contributed by atoms with van der Waals surface area (Å²) in [4.78, 5) is 32.7. The van der Waals surface area contributed by atoms with E-state index in [1.807, 2.05) is 24.3 Å². The molecule has 176 valence electrons. The highest BCUT2D eigenvalue weighted by atomic mass is 16.5. The number of ether oxygens (including phenoxy) is 1. The van der Waals surface area contributed by atoms with Crippen LogP contribution in [-0.2, 0) is 11.2 Å². The molecule has 4 N–H and O–H groups in total. The Hall–Kier alpha value is -4.27. The maximum absolute atomic E-state index is 12.8. The molecule has 2 aromatic carbocycles. The van der Waals surface area contributed by atoms with Crippen LogP contribution in [0.1, 0.15) is 35.2 Å². The summed E-state index contributed by atoms with van der Waals surface area (Å²) in [7, 11) is 1.41. The van der Waals surface area contributed by atoms with Crippen LogP contribution in [0.2, 0.25) is 0 Å². The summed E-state index contributed by atoms with van der Waals surface area (Å²) in [5.74, 6) is -0.493. The Morgan fingerprint density at radius 1 is 1.21 bits per heavy atom. The minimum absolute atomic E-state index is 0.0230. The second-order valence-electron chi connectivity index (χ2n) is 7.92. The van der Waals surface area contributed by atoms with E-state index >= 15 is 0 Å². The third-order valence-electron chi connectivity index (χ3n) is 5.51. The van der Waals surface area contributed by atoms with Crippen molar-refractivity contribution in [3.63, 3.8) is 0 Å². The van der Waals surface area contributed by atoms with Crippen molar-refractivity contribution in [2.45, 2.75) is 25.7 Å². The molecule has 0 aliphatic rings. The molecule has 9 nitrogen and oxygen atoms in total. The van der Waals surface area contributed by atoms with Crippen molar-refractivity contribution >= 4 is 16.9 Å². The number of para-hydroxylation sites is 2. The summed E-state index contributed by atoms with van der Waals surface area (Å²) < 4.78 is 10.8. The van der Waals surface area contributed by atoms with E-state index in [1.54, 1.807) is 19.1 Å². The van der Waals surface area contributed by atoms with E-state index in [0.717, 1.165) is 16.9 Å². The molecule has 4 aromatic rings. The molecule has 0 aliphatic carbocycles. The van der Waals surface area contributed by atoms with E-state index in [2.05, 4.69) is 15.3 Å². The van der Waals surface area contributed by atoms with Gasteiger partial charge in [0.2, 0.25) is 17.1 Å². The summed E-state index contributed by atoms with van der Waals surface area (Å²) in [6.07, 6.45) is 0.400. The monoisotopic (exact) mass is 463 g/mol. The lowest BCUT2D eigenvalue weighted by molar-refractivity contribution is -0.121. The molecular formula is C25H25N3O6. The number of amides is 1. The van der Waals surface area contributed by atoms with E-state index < -0.39 is 17.1 Å². The zero-order chi connectivity index (χ0) is 24.2. The van der Waals surface area contributed by atoms with E-state index in [9.17, 15) is 19.8 Å². The number of aromatic amines is 1. The molecule has 1 atom stereocenters. The fraction of sp³-hybridized carbons (Fsp3) is 0.240. The number of aryl methyl sites for hydroxylation is 1. The first-order valence-electron chi connectivity index (χ1n) is 10.8. The average molecular weight is 463 g/mol. The van der Waals surface area contributed by atoms with Gasteiger partial charge in [0.05, 0.1) is 24.1 Å². The van der Waals surface area contributed by atoms with Crippen molar-refractivity contribution in [3.8, 4) is 17.2 Å². The van der Waals surface area contributed by atoms with Crippen LogP contribution in [0.15, 0.2) is 57.7 Å². The Kier molecular flexibility index (Phi) is 6.53. The number of nitrogens with zero attached hydrogens (tertiary/aromatic N) is 1. The third kappa shape index (κ3) is 4.88. The summed E-state index contributed by atoms with van der Waals surface area (Å²) in [6.45, 7) is 1.93. The SMILES string of the molecule is COc1cc([C@@H](CC(=O)NCCc2nc3ccccc3[nH]2)c2oc(C)cc(=O)c2O)ccc1O. The number of carbonyl (C=O) groups is 1. The lowest BCUT2D eigenvalue weighted by atomic mass is 9.91. The van der Waals surface area contributed by atoms with E-state index in [1.165, 1.54) is 19.2 Å². The molecule has 34 heavy (non-hydrogen) atoms. The standard InChI is InChI=1S/C25H25N3O6/c1-14-11-20(30)24(32)25(34-14)16(15-7-8-19(29)21(12-15)33-2)13-23(31)26-10-9-22-27-17-5-3-4-6-18(17)28-22/h3-8,11-12,16,29,32H,9-10,13H2,1-2H3,(H,26,31)(H,27,28)/t16-/m1/s1. The highest BCUT2D eigenvalue weighted by Crippen LogP contribution is 2.37. The van der Waals surface area contributed by atoms with Crippen LogP contribution in [-0.4, -0.2) is 39.7 Å². The van der Waals surface area contributed by atoms with E-state index in [4.69, 9.17) is 9.15 Å². The van der Waals surface area contributed by atoms with Gasteiger partial charge in [-0.15, -0.1) is 0 Å². The number of nitrogens with one attached hydrogen (secondary N) is 2. The fourth-order valence-corrected chi connectivity index (χ4v) is 3.84. The van der Waals surface area contributed by atoms with Crippen LogP contribution in [0.4, 0.5) is 0 Å². The molecule has 2 aromatic heterocycles. The molecule has 0 saturated heterocycles. The van der Waals surface area contributed by atoms with Crippen LogP contribution >= 0.6 is 0 Å². The topological polar surface area (TPSA) is 138 Å². The van der Waals surface area contributed by atoms with Crippen LogP contribution < -0.4 is 15.5 Å². The lowest BCUT2D eigenvalue weighted by Gasteiger charge is -2.19. The smallest absolute Gasteiger partial charge is 0.227 e. The Morgan fingerprint density at radius 2 is 2.00 bits per heavy atom. The number of phenolic OH excluding ortho intramolecular Hbond substituents is 1. The van der Waals surface area contributed by atoms with Gasteiger partial charge in [-0.1, -0.05) is 18.2 Å². The molecule has 0 saturated carbocycles. The van der Waals surface area contributed by atoms with Gasteiger partial charge in [-0.3, -0.25) is 9.59 Å². The molecule has 0 unspecified atom stereocenters. The van der Waals surface area contributed by atoms with Gasteiger partial charge in [-0.2, -0.15) is 0 Å². The zero-order valence-corrected chi connectivity index (χ0v) is 18.8. The summed E-state index contributed by atoms with van der Waals surface area (Å²) in [5.41, 5.74) is 1.72. The summed E-state index contributed by atoms with van der Waals surface area (Å²) in [6, 6.07) is 13.4. The first kappa shape index (κ1) is 22.9. The molecular weight excluding hydrogens is 438 g/mol. The highest BCUT2D eigenvalue weighted by molar-refractivity contribution is 5.78. The quantitative estimate of drug-likeness (QED) is 0.315. The van der Waals surface area contributed by atoms with Crippen molar-refractivity contribution in [2.75, 3.05) is 13.7 Å². The number of imidazole rings is 1. The predicted molar refractivity (Wildman–Crippen MR) is 125 cm³/mol. The van der Waals surface area contributed by atoms with Crippen LogP contribution in [0.3, 0.4) is 0 Å². The number of aromatic nitrogens is 2. The lowest BCUT2D eigenvalue weighted by Crippen LogP contribution is -2.28. The molecule has 0 aliphatic heterocycles. The normalized spacial score (nSPS) is 11.9. The van der Waals surface area contributed by atoms with Gasteiger partial charge in [-0.25, -0.2) is 4.98 Å². The Bertz CT molecular complexity index is 1360. The number of hydrogen-bond donors (Lipinski definition) is 4. The summed E-state index contributed by atoms with van der Waals surface area (Å²) in [5, 5.41) is 23.2. The number of carbonyl (C=O) groups excluding carboxylic acids is 1. The molecule has 1 amide bonds. The molecule has 4 rings (SSSR count). The summed E-state index contributed by atoms with van der Waals surface area (Å²) >= 11 is 0. The second-order valence-corrected chi connectivity index (χ2v) is 7.92. The third-order valence-corrected chi connectivity index (χ3v) is 5.51. The molecule has 0 fully saturated rings. The fourth-order valence-electron chi connectivity index (χ4n) is 3.84. The first-order chi connectivity index (χ1) is 16.4. The minimum atomic E-state index is -0.784. The van der Waals surface area contributed by atoms with Gasteiger partial charge in [-0.05, 0) is 36.8 Å².